The van der Waals surface area contributed by atoms with Crippen LogP contribution in [0.2, 0.25) is 5.02 Å². The molecule has 0 saturated heterocycles. The quantitative estimate of drug-likeness (QED) is 0.500. The molecule has 0 radical (unpaired) electrons. The second-order valence-corrected chi connectivity index (χ2v) is 3.71. The Kier molecular flexibility index (Phi) is 4.92. The van der Waals surface area contributed by atoms with E-state index in [9.17, 15) is 13.6 Å². The number of nitrogens with one attached hydrogen (secondary N) is 1. The van der Waals surface area contributed by atoms with Crippen LogP contribution in [0.25, 0.3) is 0 Å². The van der Waals surface area contributed by atoms with Gasteiger partial charge in [0.15, 0.2) is 11.6 Å². The molecule has 0 bridgehead atoms. The van der Waals surface area contributed by atoms with Crippen molar-refractivity contribution in [3.8, 4) is 12.3 Å². The van der Waals surface area contributed by atoms with E-state index >= 15 is 0 Å². The molecule has 1 amide bonds. The van der Waals surface area contributed by atoms with E-state index in [-0.39, 0.29) is 18.0 Å². The minimum Gasteiger partial charge on any atom is -0.325 e. The lowest BCUT2D eigenvalue weighted by molar-refractivity contribution is -0.116. The Balaban J connectivity index is 2.66. The molecular weight excluding hydrogens is 248 g/mol. The summed E-state index contributed by atoms with van der Waals surface area (Å²) >= 11 is 5.54. The largest absolute Gasteiger partial charge is 0.325 e. The molecule has 1 aromatic rings. The minimum absolute atomic E-state index is 0.0521. The van der Waals surface area contributed by atoms with E-state index in [2.05, 4.69) is 11.2 Å². The number of carbonyl (C=O) groups is 1. The highest BCUT2D eigenvalue weighted by atomic mass is 35.5. The number of carbonyl (C=O) groups excluding carboxylic acids is 1. The first-order chi connectivity index (χ1) is 8.06. The van der Waals surface area contributed by atoms with Gasteiger partial charge >= 0.3 is 0 Å². The molecule has 0 spiro atoms. The summed E-state index contributed by atoms with van der Waals surface area (Å²) in [5, 5.41) is 1.96. The monoisotopic (exact) mass is 257 g/mol. The summed E-state index contributed by atoms with van der Waals surface area (Å²) in [4.78, 5) is 11.4. The van der Waals surface area contributed by atoms with Gasteiger partial charge in [0.2, 0.25) is 5.91 Å². The SMILES string of the molecule is C#CCCCC(=O)Nc1ccc(F)c(F)c1Cl. The van der Waals surface area contributed by atoms with Crippen LogP contribution >= 0.6 is 11.6 Å². The lowest BCUT2D eigenvalue weighted by Crippen LogP contribution is -2.12. The van der Waals surface area contributed by atoms with Gasteiger partial charge in [0.1, 0.15) is 5.02 Å². The fraction of sp³-hybridized carbons (Fsp3) is 0.250. The molecule has 1 aromatic carbocycles. The summed E-state index contributed by atoms with van der Waals surface area (Å²) < 4.78 is 25.8. The number of benzene rings is 1. The third-order valence-electron chi connectivity index (χ3n) is 2.03. The first-order valence-corrected chi connectivity index (χ1v) is 5.31. The van der Waals surface area contributed by atoms with Gasteiger partial charge in [0.25, 0.3) is 0 Å². The Bertz CT molecular complexity index is 468. The van der Waals surface area contributed by atoms with Crippen LogP contribution in [-0.4, -0.2) is 5.91 Å². The highest BCUT2D eigenvalue weighted by Gasteiger charge is 2.13. The average Bonchev–Trinajstić information content (AvgIpc) is 2.30. The molecular formula is C12H10ClF2NO. The maximum absolute atomic E-state index is 13.1. The number of terminal acetylenes is 1. The summed E-state index contributed by atoms with van der Waals surface area (Å²) in [5.41, 5.74) is 0.0521. The third kappa shape index (κ3) is 3.72. The predicted octanol–water partition coefficient (Wildman–Crippen LogP) is 3.36. The Hall–Kier alpha value is -1.60. The van der Waals surface area contributed by atoms with Crippen LogP contribution in [0.4, 0.5) is 14.5 Å². The molecule has 1 N–H and O–H groups in total. The first-order valence-electron chi connectivity index (χ1n) is 4.93. The average molecular weight is 258 g/mol. The molecule has 5 heteroatoms. The van der Waals surface area contributed by atoms with E-state index < -0.39 is 16.7 Å². The number of hydrogen-bond donors (Lipinski definition) is 1. The molecule has 0 saturated carbocycles. The number of halogens is 3. The second kappa shape index (κ2) is 6.21. The van der Waals surface area contributed by atoms with E-state index in [1.807, 2.05) is 0 Å². The summed E-state index contributed by atoms with van der Waals surface area (Å²) in [6.45, 7) is 0. The topological polar surface area (TPSA) is 29.1 Å². The van der Waals surface area contributed by atoms with Crippen LogP contribution in [0.1, 0.15) is 19.3 Å². The number of hydrogen-bond acceptors (Lipinski definition) is 1. The summed E-state index contributed by atoms with van der Waals surface area (Å²) in [6.07, 6.45) is 6.26. The van der Waals surface area contributed by atoms with E-state index in [0.29, 0.717) is 12.8 Å². The van der Waals surface area contributed by atoms with Crippen molar-refractivity contribution in [3.05, 3.63) is 28.8 Å². The third-order valence-corrected chi connectivity index (χ3v) is 2.40. The first kappa shape index (κ1) is 13.5. The van der Waals surface area contributed by atoms with Crippen molar-refractivity contribution >= 4 is 23.2 Å². The maximum Gasteiger partial charge on any atom is 0.224 e. The molecule has 2 nitrogen and oxygen atoms in total. The van der Waals surface area contributed by atoms with Gasteiger partial charge in [0, 0.05) is 12.8 Å². The van der Waals surface area contributed by atoms with Crippen molar-refractivity contribution in [2.75, 3.05) is 5.32 Å². The zero-order chi connectivity index (χ0) is 12.8. The zero-order valence-corrected chi connectivity index (χ0v) is 9.65. The molecule has 0 atom stereocenters. The number of anilines is 1. The van der Waals surface area contributed by atoms with Gasteiger partial charge < -0.3 is 5.32 Å². The summed E-state index contributed by atoms with van der Waals surface area (Å²) in [6, 6.07) is 2.11. The van der Waals surface area contributed by atoms with Crippen LogP contribution in [0, 0.1) is 24.0 Å². The van der Waals surface area contributed by atoms with Gasteiger partial charge in [0.05, 0.1) is 5.69 Å². The molecule has 0 aliphatic carbocycles. The van der Waals surface area contributed by atoms with E-state index in [1.54, 1.807) is 0 Å². The smallest absolute Gasteiger partial charge is 0.224 e. The number of unbranched alkanes of at least 4 members (excludes halogenated alkanes) is 1. The van der Waals surface area contributed by atoms with Gasteiger partial charge in [-0.25, -0.2) is 8.78 Å². The summed E-state index contributed by atoms with van der Waals surface area (Å²) in [5.74, 6) is -0.169. The van der Waals surface area contributed by atoms with Crippen LogP contribution in [0.15, 0.2) is 12.1 Å². The molecule has 0 fully saturated rings. The lowest BCUT2D eigenvalue weighted by Gasteiger charge is -2.07. The fourth-order valence-electron chi connectivity index (χ4n) is 1.19. The van der Waals surface area contributed by atoms with E-state index in [4.69, 9.17) is 18.0 Å². The van der Waals surface area contributed by atoms with Crippen molar-refractivity contribution in [1.29, 1.82) is 0 Å². The van der Waals surface area contributed by atoms with Crippen LogP contribution in [0.5, 0.6) is 0 Å². The molecule has 0 aromatic heterocycles. The molecule has 0 aliphatic heterocycles. The fourth-order valence-corrected chi connectivity index (χ4v) is 1.39. The highest BCUT2D eigenvalue weighted by Crippen LogP contribution is 2.26. The van der Waals surface area contributed by atoms with Crippen molar-refractivity contribution in [3.63, 3.8) is 0 Å². The van der Waals surface area contributed by atoms with Gasteiger partial charge in [-0.2, -0.15) is 0 Å². The Morgan fingerprint density at radius 1 is 1.47 bits per heavy atom. The Labute approximate surface area is 103 Å². The minimum atomic E-state index is -1.17. The van der Waals surface area contributed by atoms with Crippen LogP contribution < -0.4 is 5.32 Å². The van der Waals surface area contributed by atoms with Gasteiger partial charge in [-0.15, -0.1) is 12.3 Å². The van der Waals surface area contributed by atoms with Crippen molar-refractivity contribution in [2.45, 2.75) is 19.3 Å². The highest BCUT2D eigenvalue weighted by molar-refractivity contribution is 6.33. The maximum atomic E-state index is 13.1. The normalized spacial score (nSPS) is 9.76. The number of rotatable bonds is 4. The standard InChI is InChI=1S/C12H10ClF2NO/c1-2-3-4-5-10(17)16-9-7-6-8(14)12(15)11(9)13/h1,6-7H,3-5H2,(H,16,17). The van der Waals surface area contributed by atoms with Crippen LogP contribution in [-0.2, 0) is 4.79 Å². The van der Waals surface area contributed by atoms with Crippen molar-refractivity contribution in [1.82, 2.24) is 0 Å². The van der Waals surface area contributed by atoms with E-state index in [0.717, 1.165) is 6.07 Å². The van der Waals surface area contributed by atoms with Crippen LogP contribution in [0.3, 0.4) is 0 Å². The molecule has 17 heavy (non-hydrogen) atoms. The second-order valence-electron chi connectivity index (χ2n) is 3.33. The van der Waals surface area contributed by atoms with Gasteiger partial charge in [-0.3, -0.25) is 4.79 Å². The molecule has 0 heterocycles. The molecule has 0 unspecified atom stereocenters. The summed E-state index contributed by atoms with van der Waals surface area (Å²) in [7, 11) is 0. The van der Waals surface area contributed by atoms with E-state index in [1.165, 1.54) is 6.07 Å². The van der Waals surface area contributed by atoms with Gasteiger partial charge in [-0.05, 0) is 18.6 Å². The zero-order valence-electron chi connectivity index (χ0n) is 8.90. The Morgan fingerprint density at radius 2 is 2.18 bits per heavy atom. The molecule has 1 rings (SSSR count). The molecule has 0 aliphatic rings. The Morgan fingerprint density at radius 3 is 2.82 bits per heavy atom. The van der Waals surface area contributed by atoms with Gasteiger partial charge in [-0.1, -0.05) is 11.6 Å². The molecule has 90 valence electrons. The number of amides is 1. The lowest BCUT2D eigenvalue weighted by atomic mass is 10.2. The van der Waals surface area contributed by atoms with Crippen molar-refractivity contribution in [2.24, 2.45) is 0 Å². The van der Waals surface area contributed by atoms with Crippen molar-refractivity contribution < 1.29 is 13.6 Å². The predicted molar refractivity (Wildman–Crippen MR) is 62.7 cm³/mol.